The lowest BCUT2D eigenvalue weighted by Gasteiger charge is -2.24. The SMILES string of the molecule is CCOC(=O)/N=c1\scc(C)n1C1CCCCC1. The van der Waals surface area contributed by atoms with E-state index in [1.54, 1.807) is 6.92 Å². The zero-order valence-corrected chi connectivity index (χ0v) is 11.8. The second kappa shape index (κ2) is 6.18. The summed E-state index contributed by atoms with van der Waals surface area (Å²) in [5, 5.41) is 2.06. The molecule has 1 saturated carbocycles. The first-order valence-electron chi connectivity index (χ1n) is 6.60. The van der Waals surface area contributed by atoms with Crippen molar-refractivity contribution in [1.82, 2.24) is 4.57 Å². The van der Waals surface area contributed by atoms with Crippen LogP contribution < -0.4 is 4.80 Å². The number of carbonyl (C=O) groups excluding carboxylic acids is 1. The Morgan fingerprint density at radius 3 is 2.89 bits per heavy atom. The van der Waals surface area contributed by atoms with Crippen LogP contribution in [0.4, 0.5) is 4.79 Å². The van der Waals surface area contributed by atoms with Gasteiger partial charge in [-0.1, -0.05) is 19.3 Å². The molecule has 18 heavy (non-hydrogen) atoms. The Balaban J connectivity index is 2.28. The van der Waals surface area contributed by atoms with E-state index in [1.165, 1.54) is 49.1 Å². The zero-order valence-electron chi connectivity index (χ0n) is 11.0. The van der Waals surface area contributed by atoms with Crippen LogP contribution in [0, 0.1) is 6.92 Å². The number of amides is 1. The van der Waals surface area contributed by atoms with E-state index < -0.39 is 6.09 Å². The van der Waals surface area contributed by atoms with Gasteiger partial charge in [0.05, 0.1) is 6.61 Å². The first-order valence-corrected chi connectivity index (χ1v) is 7.48. The van der Waals surface area contributed by atoms with Crippen molar-refractivity contribution >= 4 is 17.4 Å². The molecule has 0 unspecified atom stereocenters. The predicted molar refractivity (Wildman–Crippen MR) is 71.8 cm³/mol. The third-order valence-corrected chi connectivity index (χ3v) is 4.27. The minimum atomic E-state index is -0.482. The van der Waals surface area contributed by atoms with Crippen LogP contribution in [0.2, 0.25) is 0 Å². The molecule has 2 rings (SSSR count). The van der Waals surface area contributed by atoms with E-state index in [2.05, 4.69) is 21.9 Å². The van der Waals surface area contributed by atoms with Crippen molar-refractivity contribution in [2.75, 3.05) is 6.61 Å². The smallest absolute Gasteiger partial charge is 0.436 e. The fourth-order valence-corrected chi connectivity index (χ4v) is 3.42. The highest BCUT2D eigenvalue weighted by Crippen LogP contribution is 2.28. The molecule has 0 bridgehead atoms. The lowest BCUT2D eigenvalue weighted by molar-refractivity contribution is 0.162. The van der Waals surface area contributed by atoms with Crippen molar-refractivity contribution in [3.05, 3.63) is 15.9 Å². The van der Waals surface area contributed by atoms with Gasteiger partial charge in [-0.25, -0.2) is 4.79 Å². The number of hydrogen-bond acceptors (Lipinski definition) is 3. The van der Waals surface area contributed by atoms with Gasteiger partial charge >= 0.3 is 6.09 Å². The monoisotopic (exact) mass is 268 g/mol. The molecule has 1 fully saturated rings. The molecular formula is C13H20N2O2S. The fourth-order valence-electron chi connectivity index (χ4n) is 2.50. The van der Waals surface area contributed by atoms with Gasteiger partial charge in [-0.2, -0.15) is 0 Å². The van der Waals surface area contributed by atoms with Crippen LogP contribution in [0.15, 0.2) is 10.4 Å². The summed E-state index contributed by atoms with van der Waals surface area (Å²) in [5.74, 6) is 0. The maximum Gasteiger partial charge on any atom is 0.436 e. The molecule has 0 saturated heterocycles. The van der Waals surface area contributed by atoms with E-state index in [1.807, 2.05) is 0 Å². The Hall–Kier alpha value is -1.10. The number of thiazole rings is 1. The van der Waals surface area contributed by atoms with E-state index in [0.717, 1.165) is 4.80 Å². The minimum Gasteiger partial charge on any atom is -0.448 e. The van der Waals surface area contributed by atoms with Crippen molar-refractivity contribution in [2.24, 2.45) is 4.99 Å². The second-order valence-corrected chi connectivity index (χ2v) is 5.47. The summed E-state index contributed by atoms with van der Waals surface area (Å²) in [5.41, 5.74) is 1.19. The maximum absolute atomic E-state index is 11.5. The molecule has 4 nitrogen and oxygen atoms in total. The van der Waals surface area contributed by atoms with E-state index >= 15 is 0 Å². The van der Waals surface area contributed by atoms with Crippen molar-refractivity contribution in [1.29, 1.82) is 0 Å². The van der Waals surface area contributed by atoms with Crippen LogP contribution in [0.5, 0.6) is 0 Å². The maximum atomic E-state index is 11.5. The molecule has 100 valence electrons. The molecule has 1 amide bonds. The topological polar surface area (TPSA) is 43.6 Å². The first kappa shape index (κ1) is 13.3. The Kier molecular flexibility index (Phi) is 4.58. The average molecular weight is 268 g/mol. The van der Waals surface area contributed by atoms with Crippen LogP contribution in [-0.4, -0.2) is 17.3 Å². The Morgan fingerprint density at radius 2 is 2.22 bits per heavy atom. The number of nitrogens with zero attached hydrogens (tertiary/aromatic N) is 2. The van der Waals surface area contributed by atoms with Gasteiger partial charge in [0.15, 0.2) is 4.80 Å². The number of ether oxygens (including phenoxy) is 1. The molecular weight excluding hydrogens is 248 g/mol. The van der Waals surface area contributed by atoms with Crippen molar-refractivity contribution in [3.63, 3.8) is 0 Å². The molecule has 5 heteroatoms. The summed E-state index contributed by atoms with van der Waals surface area (Å²) in [6.07, 6.45) is 5.76. The summed E-state index contributed by atoms with van der Waals surface area (Å²) >= 11 is 1.52. The highest BCUT2D eigenvalue weighted by molar-refractivity contribution is 7.07. The molecule has 1 aliphatic rings. The Morgan fingerprint density at radius 1 is 1.50 bits per heavy atom. The van der Waals surface area contributed by atoms with Gasteiger partial charge in [0.1, 0.15) is 0 Å². The summed E-state index contributed by atoms with van der Waals surface area (Å²) in [7, 11) is 0. The van der Waals surface area contributed by atoms with Gasteiger partial charge in [-0.3, -0.25) is 0 Å². The van der Waals surface area contributed by atoms with Crippen molar-refractivity contribution in [2.45, 2.75) is 52.0 Å². The molecule has 0 N–H and O–H groups in total. The number of rotatable bonds is 2. The average Bonchev–Trinajstić information content (AvgIpc) is 2.72. The third kappa shape index (κ3) is 3.02. The van der Waals surface area contributed by atoms with Gasteiger partial charge < -0.3 is 9.30 Å². The van der Waals surface area contributed by atoms with Crippen molar-refractivity contribution in [3.8, 4) is 0 Å². The number of hydrogen-bond donors (Lipinski definition) is 0. The lowest BCUT2D eigenvalue weighted by atomic mass is 9.95. The Bertz CT molecular complexity index is 470. The normalized spacial score (nSPS) is 18.0. The van der Waals surface area contributed by atoms with Gasteiger partial charge in [-0.15, -0.1) is 16.3 Å². The van der Waals surface area contributed by atoms with Gasteiger partial charge in [0.25, 0.3) is 0 Å². The standard InChI is InChI=1S/C13H20N2O2S/c1-3-17-13(16)14-12-15(10(2)9-18-12)11-7-5-4-6-8-11/h9,11H,3-8H2,1-2H3/b14-12-. The fraction of sp³-hybridized carbons (Fsp3) is 0.692. The van der Waals surface area contributed by atoms with Gasteiger partial charge in [-0.05, 0) is 26.7 Å². The molecule has 1 heterocycles. The van der Waals surface area contributed by atoms with Crippen LogP contribution in [0.3, 0.4) is 0 Å². The molecule has 1 aliphatic carbocycles. The highest BCUT2D eigenvalue weighted by atomic mass is 32.1. The third-order valence-electron chi connectivity index (χ3n) is 3.32. The quantitative estimate of drug-likeness (QED) is 0.825. The van der Waals surface area contributed by atoms with E-state index in [9.17, 15) is 4.79 Å². The van der Waals surface area contributed by atoms with Crippen LogP contribution in [0.1, 0.15) is 50.8 Å². The van der Waals surface area contributed by atoms with E-state index in [0.29, 0.717) is 12.6 Å². The molecule has 0 radical (unpaired) electrons. The summed E-state index contributed by atoms with van der Waals surface area (Å²) in [4.78, 5) is 16.3. The van der Waals surface area contributed by atoms with E-state index in [-0.39, 0.29) is 0 Å². The molecule has 0 spiro atoms. The number of aryl methyl sites for hydroxylation is 1. The molecule has 0 aliphatic heterocycles. The summed E-state index contributed by atoms with van der Waals surface area (Å²) in [6.45, 7) is 4.24. The Labute approximate surface area is 111 Å². The van der Waals surface area contributed by atoms with E-state index in [4.69, 9.17) is 4.74 Å². The van der Waals surface area contributed by atoms with Gasteiger partial charge in [0.2, 0.25) is 0 Å². The number of aromatic nitrogens is 1. The minimum absolute atomic E-state index is 0.371. The summed E-state index contributed by atoms with van der Waals surface area (Å²) < 4.78 is 7.09. The predicted octanol–water partition coefficient (Wildman–Crippen LogP) is 3.42. The second-order valence-electron chi connectivity index (χ2n) is 4.63. The molecule has 0 aromatic carbocycles. The molecule has 0 atom stereocenters. The lowest BCUT2D eigenvalue weighted by Crippen LogP contribution is -2.25. The largest absolute Gasteiger partial charge is 0.448 e. The molecule has 1 aromatic heterocycles. The van der Waals surface area contributed by atoms with Crippen LogP contribution >= 0.6 is 11.3 Å². The van der Waals surface area contributed by atoms with Crippen LogP contribution in [0.25, 0.3) is 0 Å². The zero-order chi connectivity index (χ0) is 13.0. The summed E-state index contributed by atoms with van der Waals surface area (Å²) in [6, 6.07) is 0.498. The number of carbonyl (C=O) groups is 1. The first-order chi connectivity index (χ1) is 8.72. The van der Waals surface area contributed by atoms with Crippen molar-refractivity contribution < 1.29 is 9.53 Å². The molecule has 1 aromatic rings. The van der Waals surface area contributed by atoms with Gasteiger partial charge in [0, 0.05) is 17.1 Å². The highest BCUT2D eigenvalue weighted by Gasteiger charge is 2.18. The van der Waals surface area contributed by atoms with Crippen LogP contribution in [-0.2, 0) is 4.74 Å².